The molecule has 0 spiro atoms. The van der Waals surface area contributed by atoms with Gasteiger partial charge in [-0.15, -0.1) is 0 Å². The largest absolute Gasteiger partial charge is 0.393 e. The number of aliphatic hydroxyl groups excluding tert-OH is 1. The summed E-state index contributed by atoms with van der Waals surface area (Å²) >= 11 is 0. The number of hydrogen-bond acceptors (Lipinski definition) is 3. The molecule has 2 rings (SSSR count). The van der Waals surface area contributed by atoms with Crippen molar-refractivity contribution in [2.24, 2.45) is 0 Å². The van der Waals surface area contributed by atoms with Gasteiger partial charge >= 0.3 is 0 Å². The van der Waals surface area contributed by atoms with E-state index in [-0.39, 0.29) is 6.10 Å². The molecule has 1 heterocycles. The molecule has 0 aliphatic heterocycles. The van der Waals surface area contributed by atoms with Gasteiger partial charge in [0.05, 0.1) is 23.2 Å². The van der Waals surface area contributed by atoms with Crippen molar-refractivity contribution >= 4 is 5.69 Å². The Morgan fingerprint density at radius 3 is 2.47 bits per heavy atom. The number of hydrogen-bond donors (Lipinski definition) is 3. The molecule has 1 aliphatic carbocycles. The minimum Gasteiger partial charge on any atom is -0.393 e. The van der Waals surface area contributed by atoms with Crippen molar-refractivity contribution in [3.8, 4) is 0 Å². The second-order valence-corrected chi connectivity index (χ2v) is 4.46. The molecular weight excluding hydrogens is 190 g/mol. The quantitative estimate of drug-likeness (QED) is 0.695. The van der Waals surface area contributed by atoms with Gasteiger partial charge in [0, 0.05) is 6.04 Å². The molecule has 0 bridgehead atoms. The zero-order valence-corrected chi connectivity index (χ0v) is 9.38. The molecule has 1 aromatic rings. The third-order valence-corrected chi connectivity index (χ3v) is 3.17. The second-order valence-electron chi connectivity index (χ2n) is 4.46. The van der Waals surface area contributed by atoms with Crippen molar-refractivity contribution in [1.29, 1.82) is 0 Å². The third kappa shape index (κ3) is 2.31. The number of H-pyrrole nitrogens is 1. The van der Waals surface area contributed by atoms with Crippen LogP contribution in [0.2, 0.25) is 0 Å². The van der Waals surface area contributed by atoms with Crippen molar-refractivity contribution in [1.82, 2.24) is 10.2 Å². The topological polar surface area (TPSA) is 60.9 Å². The van der Waals surface area contributed by atoms with E-state index in [0.717, 1.165) is 42.8 Å². The lowest BCUT2D eigenvalue weighted by Gasteiger charge is -2.27. The normalized spacial score (nSPS) is 26.6. The number of aromatic amines is 1. The van der Waals surface area contributed by atoms with Gasteiger partial charge in [-0.25, -0.2) is 0 Å². The third-order valence-electron chi connectivity index (χ3n) is 3.17. The smallest absolute Gasteiger partial charge is 0.0825 e. The summed E-state index contributed by atoms with van der Waals surface area (Å²) in [6, 6.07) is 0.489. The molecular formula is C11H19N3O. The lowest BCUT2D eigenvalue weighted by atomic mass is 9.93. The van der Waals surface area contributed by atoms with Crippen LogP contribution in [0.4, 0.5) is 5.69 Å². The van der Waals surface area contributed by atoms with Gasteiger partial charge in [-0.3, -0.25) is 5.10 Å². The zero-order chi connectivity index (χ0) is 10.8. The minimum atomic E-state index is -0.0883. The van der Waals surface area contributed by atoms with Crippen LogP contribution in [-0.2, 0) is 0 Å². The number of nitrogens with zero attached hydrogens (tertiary/aromatic N) is 1. The first-order valence-electron chi connectivity index (χ1n) is 5.63. The first-order valence-corrected chi connectivity index (χ1v) is 5.63. The molecule has 0 aromatic carbocycles. The first kappa shape index (κ1) is 10.5. The van der Waals surface area contributed by atoms with Gasteiger partial charge in [0.2, 0.25) is 0 Å². The van der Waals surface area contributed by atoms with E-state index in [0.29, 0.717) is 6.04 Å². The van der Waals surface area contributed by atoms with Crippen LogP contribution in [0, 0.1) is 13.8 Å². The monoisotopic (exact) mass is 209 g/mol. The Morgan fingerprint density at radius 1 is 1.27 bits per heavy atom. The van der Waals surface area contributed by atoms with E-state index in [2.05, 4.69) is 15.5 Å². The standard InChI is InChI=1S/C11H19N3O/c1-7-11(8(2)14-13-7)12-9-3-5-10(15)6-4-9/h9-10,12,15H,3-6H2,1-2H3,(H,13,14). The maximum Gasteiger partial charge on any atom is 0.0825 e. The number of anilines is 1. The highest BCUT2D eigenvalue weighted by Gasteiger charge is 2.20. The van der Waals surface area contributed by atoms with E-state index in [1.54, 1.807) is 0 Å². The summed E-state index contributed by atoms with van der Waals surface area (Å²) in [5.74, 6) is 0. The van der Waals surface area contributed by atoms with Crippen LogP contribution in [0.25, 0.3) is 0 Å². The van der Waals surface area contributed by atoms with Gasteiger partial charge in [0.15, 0.2) is 0 Å². The molecule has 1 aliphatic rings. The molecule has 3 N–H and O–H groups in total. The molecule has 1 saturated carbocycles. The van der Waals surface area contributed by atoms with E-state index >= 15 is 0 Å². The SMILES string of the molecule is Cc1n[nH]c(C)c1NC1CCC(O)CC1. The highest BCUT2D eigenvalue weighted by Crippen LogP contribution is 2.24. The maximum absolute atomic E-state index is 9.42. The predicted octanol–water partition coefficient (Wildman–Crippen LogP) is 1.74. The first-order chi connectivity index (χ1) is 7.16. The fourth-order valence-electron chi connectivity index (χ4n) is 2.19. The van der Waals surface area contributed by atoms with Crippen LogP contribution in [0.1, 0.15) is 37.1 Å². The molecule has 1 aromatic heterocycles. The number of aryl methyl sites for hydroxylation is 2. The molecule has 0 atom stereocenters. The predicted molar refractivity (Wildman–Crippen MR) is 59.9 cm³/mol. The Bertz CT molecular complexity index is 307. The fraction of sp³-hybridized carbons (Fsp3) is 0.727. The number of aliphatic hydroxyl groups is 1. The van der Waals surface area contributed by atoms with E-state index in [9.17, 15) is 5.11 Å². The van der Waals surface area contributed by atoms with Crippen LogP contribution in [0.3, 0.4) is 0 Å². The van der Waals surface area contributed by atoms with Gasteiger partial charge < -0.3 is 10.4 Å². The average Bonchev–Trinajstić information content (AvgIpc) is 2.53. The Hall–Kier alpha value is -1.03. The van der Waals surface area contributed by atoms with Gasteiger partial charge in [-0.1, -0.05) is 0 Å². The molecule has 0 unspecified atom stereocenters. The van der Waals surface area contributed by atoms with E-state index < -0.39 is 0 Å². The summed E-state index contributed by atoms with van der Waals surface area (Å²) in [6.07, 6.45) is 3.83. The van der Waals surface area contributed by atoms with Crippen LogP contribution in [-0.4, -0.2) is 27.4 Å². The molecule has 4 heteroatoms. The van der Waals surface area contributed by atoms with Gasteiger partial charge in [-0.05, 0) is 39.5 Å². The zero-order valence-electron chi connectivity index (χ0n) is 9.38. The minimum absolute atomic E-state index is 0.0883. The van der Waals surface area contributed by atoms with Crippen LogP contribution >= 0.6 is 0 Å². The summed E-state index contributed by atoms with van der Waals surface area (Å²) in [5, 5.41) is 20.1. The van der Waals surface area contributed by atoms with Crippen LogP contribution in [0.15, 0.2) is 0 Å². The molecule has 1 fully saturated rings. The van der Waals surface area contributed by atoms with E-state index in [4.69, 9.17) is 0 Å². The Balaban J connectivity index is 1.97. The number of aromatic nitrogens is 2. The highest BCUT2D eigenvalue weighted by molar-refractivity contribution is 5.52. The van der Waals surface area contributed by atoms with E-state index in [1.165, 1.54) is 0 Å². The summed E-state index contributed by atoms with van der Waals surface area (Å²) < 4.78 is 0. The van der Waals surface area contributed by atoms with Crippen molar-refractivity contribution in [2.45, 2.75) is 51.7 Å². The molecule has 15 heavy (non-hydrogen) atoms. The van der Waals surface area contributed by atoms with Crippen molar-refractivity contribution in [2.75, 3.05) is 5.32 Å². The van der Waals surface area contributed by atoms with Crippen molar-refractivity contribution in [3.63, 3.8) is 0 Å². The molecule has 0 amide bonds. The summed E-state index contributed by atoms with van der Waals surface area (Å²) in [7, 11) is 0. The van der Waals surface area contributed by atoms with Crippen molar-refractivity contribution in [3.05, 3.63) is 11.4 Å². The highest BCUT2D eigenvalue weighted by atomic mass is 16.3. The average molecular weight is 209 g/mol. The summed E-state index contributed by atoms with van der Waals surface area (Å²) in [4.78, 5) is 0. The van der Waals surface area contributed by atoms with Crippen LogP contribution in [0.5, 0.6) is 0 Å². The lowest BCUT2D eigenvalue weighted by molar-refractivity contribution is 0.126. The fourth-order valence-corrected chi connectivity index (χ4v) is 2.19. The lowest BCUT2D eigenvalue weighted by Crippen LogP contribution is -2.28. The molecule has 0 radical (unpaired) electrons. The number of nitrogens with one attached hydrogen (secondary N) is 2. The molecule has 4 nitrogen and oxygen atoms in total. The van der Waals surface area contributed by atoms with Gasteiger partial charge in [-0.2, -0.15) is 5.10 Å². The Labute approximate surface area is 90.1 Å². The van der Waals surface area contributed by atoms with Crippen molar-refractivity contribution < 1.29 is 5.11 Å². The van der Waals surface area contributed by atoms with Crippen LogP contribution < -0.4 is 5.32 Å². The Kier molecular flexibility index (Phi) is 2.95. The molecule has 84 valence electrons. The molecule has 0 saturated heterocycles. The van der Waals surface area contributed by atoms with Gasteiger partial charge in [0.1, 0.15) is 0 Å². The summed E-state index contributed by atoms with van der Waals surface area (Å²) in [6.45, 7) is 4.03. The Morgan fingerprint density at radius 2 is 1.93 bits per heavy atom. The number of rotatable bonds is 2. The van der Waals surface area contributed by atoms with Gasteiger partial charge in [0.25, 0.3) is 0 Å². The maximum atomic E-state index is 9.42. The van der Waals surface area contributed by atoms with E-state index in [1.807, 2.05) is 13.8 Å². The second kappa shape index (κ2) is 4.23. The summed E-state index contributed by atoms with van der Waals surface area (Å²) in [5.41, 5.74) is 3.26.